The lowest BCUT2D eigenvalue weighted by Gasteiger charge is -1.99. The van der Waals surface area contributed by atoms with Crippen LogP contribution in [-0.4, -0.2) is 9.78 Å². The van der Waals surface area contributed by atoms with Crippen LogP contribution in [0.4, 0.5) is 0 Å². The Bertz CT molecular complexity index is 455. The highest BCUT2D eigenvalue weighted by Crippen LogP contribution is 2.07. The van der Waals surface area contributed by atoms with Crippen molar-refractivity contribution in [3.63, 3.8) is 0 Å². The Hall–Kier alpha value is -2.01. The molecule has 67 valence electrons. The molecule has 0 saturated heterocycles. The SMILES string of the molecule is [CH2]C#Cc1ccc(-n2cccn2)cc1. The number of hydrogen-bond donors (Lipinski definition) is 0. The summed E-state index contributed by atoms with van der Waals surface area (Å²) in [5.74, 6) is 5.51. The van der Waals surface area contributed by atoms with Crippen molar-refractivity contribution in [2.75, 3.05) is 0 Å². The molecule has 0 aliphatic heterocycles. The highest BCUT2D eigenvalue weighted by atomic mass is 15.3. The van der Waals surface area contributed by atoms with E-state index >= 15 is 0 Å². The lowest BCUT2D eigenvalue weighted by molar-refractivity contribution is 0.880. The molecule has 0 amide bonds. The Morgan fingerprint density at radius 3 is 2.57 bits per heavy atom. The van der Waals surface area contributed by atoms with Gasteiger partial charge in [-0.1, -0.05) is 11.8 Å². The smallest absolute Gasteiger partial charge is 0.0646 e. The zero-order valence-corrected chi connectivity index (χ0v) is 7.64. The summed E-state index contributed by atoms with van der Waals surface area (Å²) in [7, 11) is 0. The zero-order valence-electron chi connectivity index (χ0n) is 7.64. The van der Waals surface area contributed by atoms with Crippen molar-refractivity contribution in [1.82, 2.24) is 9.78 Å². The van der Waals surface area contributed by atoms with E-state index in [1.807, 2.05) is 36.5 Å². The molecule has 2 heteroatoms. The molecule has 0 unspecified atom stereocenters. The van der Waals surface area contributed by atoms with Crippen LogP contribution in [0.25, 0.3) is 5.69 Å². The van der Waals surface area contributed by atoms with Crippen molar-refractivity contribution >= 4 is 0 Å². The molecule has 0 fully saturated rings. The molecule has 0 aliphatic carbocycles. The van der Waals surface area contributed by atoms with Crippen LogP contribution in [0.2, 0.25) is 0 Å². The summed E-state index contributed by atoms with van der Waals surface area (Å²) in [4.78, 5) is 0. The zero-order chi connectivity index (χ0) is 9.80. The van der Waals surface area contributed by atoms with Gasteiger partial charge in [-0.15, -0.1) is 0 Å². The standard InChI is InChI=1S/C12H9N2/c1-2-4-11-5-7-12(8-6-11)14-10-3-9-13-14/h3,5-10H,1H2. The van der Waals surface area contributed by atoms with Gasteiger partial charge in [-0.05, 0) is 30.3 Å². The van der Waals surface area contributed by atoms with Gasteiger partial charge in [-0.25, -0.2) is 4.68 Å². The predicted molar refractivity (Wildman–Crippen MR) is 55.8 cm³/mol. The van der Waals surface area contributed by atoms with Gasteiger partial charge >= 0.3 is 0 Å². The predicted octanol–water partition coefficient (Wildman–Crippen LogP) is 2.06. The minimum atomic E-state index is 0.968. The number of hydrogen-bond acceptors (Lipinski definition) is 1. The summed E-state index contributed by atoms with van der Waals surface area (Å²) < 4.78 is 1.81. The van der Waals surface area contributed by atoms with Crippen molar-refractivity contribution < 1.29 is 0 Å². The average Bonchev–Trinajstić information content (AvgIpc) is 2.72. The quantitative estimate of drug-likeness (QED) is 0.616. The van der Waals surface area contributed by atoms with Crippen LogP contribution in [0.15, 0.2) is 42.7 Å². The third-order valence-electron chi connectivity index (χ3n) is 1.87. The van der Waals surface area contributed by atoms with Gasteiger partial charge in [-0.3, -0.25) is 0 Å². The maximum absolute atomic E-state index is 4.13. The fraction of sp³-hybridized carbons (Fsp3) is 0. The molecule has 0 spiro atoms. The maximum atomic E-state index is 4.13. The number of nitrogens with zero attached hydrogens (tertiary/aromatic N) is 2. The number of benzene rings is 1. The van der Waals surface area contributed by atoms with Crippen LogP contribution >= 0.6 is 0 Å². The van der Waals surface area contributed by atoms with Crippen LogP contribution in [0, 0.1) is 18.8 Å². The average molecular weight is 181 g/mol. The number of aromatic nitrogens is 2. The fourth-order valence-corrected chi connectivity index (χ4v) is 1.22. The van der Waals surface area contributed by atoms with Gasteiger partial charge in [0, 0.05) is 24.9 Å². The Morgan fingerprint density at radius 2 is 2.00 bits per heavy atom. The molecule has 1 aromatic carbocycles. The molecular weight excluding hydrogens is 172 g/mol. The summed E-state index contributed by atoms with van der Waals surface area (Å²) in [5, 5.41) is 4.13. The highest BCUT2D eigenvalue weighted by Gasteiger charge is 1.94. The monoisotopic (exact) mass is 181 g/mol. The van der Waals surface area contributed by atoms with Crippen molar-refractivity contribution in [2.24, 2.45) is 0 Å². The van der Waals surface area contributed by atoms with E-state index in [9.17, 15) is 0 Å². The molecule has 0 bridgehead atoms. The first-order valence-electron chi connectivity index (χ1n) is 4.28. The Balaban J connectivity index is 2.34. The third-order valence-corrected chi connectivity index (χ3v) is 1.87. The minimum absolute atomic E-state index is 0.968. The second-order valence-electron chi connectivity index (χ2n) is 2.80. The Kier molecular flexibility index (Phi) is 2.33. The third kappa shape index (κ3) is 1.67. The molecule has 1 aromatic heterocycles. The first kappa shape index (κ1) is 8.58. The molecule has 2 nitrogen and oxygen atoms in total. The molecule has 0 atom stereocenters. The second-order valence-corrected chi connectivity index (χ2v) is 2.80. The summed E-state index contributed by atoms with van der Waals surface area (Å²) in [5.41, 5.74) is 2.00. The van der Waals surface area contributed by atoms with Gasteiger partial charge < -0.3 is 0 Å². The first-order valence-corrected chi connectivity index (χ1v) is 4.28. The summed E-state index contributed by atoms with van der Waals surface area (Å²) in [6.07, 6.45) is 3.66. The van der Waals surface area contributed by atoms with Gasteiger partial charge in [0.15, 0.2) is 0 Å². The lowest BCUT2D eigenvalue weighted by Crippen LogP contribution is -1.93. The summed E-state index contributed by atoms with van der Waals surface area (Å²) in [6.45, 7) is 3.47. The van der Waals surface area contributed by atoms with E-state index in [1.165, 1.54) is 0 Å². The van der Waals surface area contributed by atoms with E-state index in [4.69, 9.17) is 0 Å². The molecule has 14 heavy (non-hydrogen) atoms. The van der Waals surface area contributed by atoms with E-state index in [1.54, 1.807) is 10.9 Å². The summed E-state index contributed by atoms with van der Waals surface area (Å²) in [6, 6.07) is 9.76. The van der Waals surface area contributed by atoms with Gasteiger partial charge in [0.25, 0.3) is 0 Å². The van der Waals surface area contributed by atoms with Gasteiger partial charge in [0.05, 0.1) is 5.69 Å². The lowest BCUT2D eigenvalue weighted by atomic mass is 10.2. The Morgan fingerprint density at radius 1 is 1.21 bits per heavy atom. The van der Waals surface area contributed by atoms with E-state index in [-0.39, 0.29) is 0 Å². The topological polar surface area (TPSA) is 17.8 Å². The molecule has 2 rings (SSSR count). The van der Waals surface area contributed by atoms with Crippen molar-refractivity contribution in [1.29, 1.82) is 0 Å². The normalized spacial score (nSPS) is 9.21. The minimum Gasteiger partial charge on any atom is -0.241 e. The second kappa shape index (κ2) is 3.80. The first-order chi connectivity index (χ1) is 6.90. The summed E-state index contributed by atoms with van der Waals surface area (Å²) >= 11 is 0. The molecule has 0 aliphatic rings. The maximum Gasteiger partial charge on any atom is 0.0646 e. The van der Waals surface area contributed by atoms with Gasteiger partial charge in [0.1, 0.15) is 0 Å². The van der Waals surface area contributed by atoms with Gasteiger partial charge in [0.2, 0.25) is 0 Å². The fourth-order valence-electron chi connectivity index (χ4n) is 1.22. The molecular formula is C12H9N2. The van der Waals surface area contributed by atoms with E-state index < -0.39 is 0 Å². The largest absolute Gasteiger partial charge is 0.241 e. The van der Waals surface area contributed by atoms with E-state index in [0.29, 0.717) is 0 Å². The number of rotatable bonds is 1. The van der Waals surface area contributed by atoms with Crippen LogP contribution in [0.3, 0.4) is 0 Å². The van der Waals surface area contributed by atoms with Crippen molar-refractivity contribution in [2.45, 2.75) is 0 Å². The molecule has 0 saturated carbocycles. The van der Waals surface area contributed by atoms with E-state index in [2.05, 4.69) is 23.9 Å². The molecule has 1 heterocycles. The Labute approximate surface area is 83.2 Å². The van der Waals surface area contributed by atoms with Gasteiger partial charge in [-0.2, -0.15) is 5.10 Å². The van der Waals surface area contributed by atoms with Crippen LogP contribution in [-0.2, 0) is 0 Å². The van der Waals surface area contributed by atoms with Crippen molar-refractivity contribution in [3.8, 4) is 17.5 Å². The van der Waals surface area contributed by atoms with E-state index in [0.717, 1.165) is 11.3 Å². The molecule has 0 N–H and O–H groups in total. The highest BCUT2D eigenvalue weighted by molar-refractivity contribution is 5.41. The van der Waals surface area contributed by atoms with Crippen LogP contribution < -0.4 is 0 Å². The molecule has 1 radical (unpaired) electrons. The van der Waals surface area contributed by atoms with Crippen LogP contribution in [0.5, 0.6) is 0 Å². The molecule has 2 aromatic rings. The van der Waals surface area contributed by atoms with Crippen molar-refractivity contribution in [3.05, 3.63) is 55.2 Å². The van der Waals surface area contributed by atoms with Crippen LogP contribution in [0.1, 0.15) is 5.56 Å².